The van der Waals surface area contributed by atoms with E-state index in [0.717, 1.165) is 36.0 Å². The first-order chi connectivity index (χ1) is 11.2. The van der Waals surface area contributed by atoms with Crippen LogP contribution in [0.1, 0.15) is 25.2 Å². The number of oxazole rings is 1. The van der Waals surface area contributed by atoms with Crippen LogP contribution in [0.2, 0.25) is 0 Å². The van der Waals surface area contributed by atoms with Crippen LogP contribution in [-0.2, 0) is 11.2 Å². The van der Waals surface area contributed by atoms with E-state index in [2.05, 4.69) is 31.5 Å². The van der Waals surface area contributed by atoms with E-state index in [9.17, 15) is 4.79 Å². The smallest absolute Gasteiger partial charge is 0.220 e. The number of nitrogens with zero attached hydrogens (tertiary/aromatic N) is 1. The molecule has 138 valence electrons. The van der Waals surface area contributed by atoms with E-state index in [1.165, 1.54) is 0 Å². The van der Waals surface area contributed by atoms with Crippen LogP contribution in [0.25, 0.3) is 11.3 Å². The zero-order chi connectivity index (χ0) is 16.1. The van der Waals surface area contributed by atoms with E-state index >= 15 is 0 Å². The lowest BCUT2D eigenvalue weighted by molar-refractivity contribution is -0.121. The second-order valence-electron chi connectivity index (χ2n) is 5.71. The number of piperidine rings is 1. The third-order valence-corrected chi connectivity index (χ3v) is 4.61. The Morgan fingerprint density at radius 2 is 2.16 bits per heavy atom. The highest BCUT2D eigenvalue weighted by molar-refractivity contribution is 9.10. The van der Waals surface area contributed by atoms with Crippen LogP contribution < -0.4 is 10.6 Å². The van der Waals surface area contributed by atoms with E-state index in [-0.39, 0.29) is 36.8 Å². The molecule has 1 aliphatic heterocycles. The van der Waals surface area contributed by atoms with Crippen LogP contribution in [0.15, 0.2) is 39.4 Å². The minimum Gasteiger partial charge on any atom is -0.441 e. The number of rotatable bonds is 5. The summed E-state index contributed by atoms with van der Waals surface area (Å²) in [5.74, 6) is 1.36. The van der Waals surface area contributed by atoms with Gasteiger partial charge in [-0.05, 0) is 25.5 Å². The first kappa shape index (κ1) is 22.0. The van der Waals surface area contributed by atoms with Crippen molar-refractivity contribution in [3.05, 3.63) is 40.8 Å². The molecule has 1 saturated heterocycles. The number of halogens is 3. The molecule has 1 aromatic carbocycles. The lowest BCUT2D eigenvalue weighted by Gasteiger charge is -2.23. The van der Waals surface area contributed by atoms with Gasteiger partial charge in [0.25, 0.3) is 0 Å². The molecule has 8 heteroatoms. The molecule has 2 N–H and O–H groups in total. The van der Waals surface area contributed by atoms with Crippen molar-refractivity contribution < 1.29 is 9.21 Å². The molecule has 1 aromatic heterocycles. The van der Waals surface area contributed by atoms with Crippen LogP contribution in [0, 0.1) is 0 Å². The lowest BCUT2D eigenvalue weighted by atomic mass is 10.1. The number of hydrogen-bond donors (Lipinski definition) is 2. The number of hydrogen-bond acceptors (Lipinski definition) is 4. The monoisotopic (exact) mass is 449 g/mol. The zero-order valence-corrected chi connectivity index (χ0v) is 16.9. The average molecular weight is 451 g/mol. The molecule has 0 saturated carbocycles. The Morgan fingerprint density at radius 3 is 2.88 bits per heavy atom. The molecule has 1 atom stereocenters. The van der Waals surface area contributed by atoms with Gasteiger partial charge >= 0.3 is 0 Å². The van der Waals surface area contributed by atoms with Crippen molar-refractivity contribution in [3.8, 4) is 11.3 Å². The van der Waals surface area contributed by atoms with Gasteiger partial charge in [-0.25, -0.2) is 4.98 Å². The second kappa shape index (κ2) is 10.8. The van der Waals surface area contributed by atoms with Crippen LogP contribution in [0.4, 0.5) is 0 Å². The van der Waals surface area contributed by atoms with Crippen molar-refractivity contribution in [1.29, 1.82) is 0 Å². The fourth-order valence-corrected chi connectivity index (χ4v) is 3.19. The molecular formula is C17H22BrCl2N3O2. The molecule has 0 radical (unpaired) electrons. The Balaban J connectivity index is 0.00000156. The van der Waals surface area contributed by atoms with Crippen molar-refractivity contribution in [3.63, 3.8) is 0 Å². The van der Waals surface area contributed by atoms with Gasteiger partial charge in [-0.2, -0.15) is 0 Å². The van der Waals surface area contributed by atoms with Crippen LogP contribution in [0.5, 0.6) is 0 Å². The maximum Gasteiger partial charge on any atom is 0.220 e. The molecule has 3 rings (SSSR count). The summed E-state index contributed by atoms with van der Waals surface area (Å²) in [5.41, 5.74) is 0.962. The largest absolute Gasteiger partial charge is 0.441 e. The van der Waals surface area contributed by atoms with Crippen molar-refractivity contribution in [2.45, 2.75) is 31.7 Å². The van der Waals surface area contributed by atoms with Gasteiger partial charge in [-0.1, -0.05) is 34.1 Å². The fraction of sp³-hybridized carbons (Fsp3) is 0.412. The normalized spacial score (nSPS) is 16.4. The van der Waals surface area contributed by atoms with E-state index in [1.54, 1.807) is 6.20 Å². The summed E-state index contributed by atoms with van der Waals surface area (Å²) in [6.07, 6.45) is 4.77. The summed E-state index contributed by atoms with van der Waals surface area (Å²) in [6.45, 7) is 1.90. The summed E-state index contributed by atoms with van der Waals surface area (Å²) < 4.78 is 6.72. The molecule has 0 spiro atoms. The summed E-state index contributed by atoms with van der Waals surface area (Å²) in [7, 11) is 0. The maximum absolute atomic E-state index is 12.0. The van der Waals surface area contributed by atoms with Gasteiger partial charge in [0, 0.05) is 35.5 Å². The Morgan fingerprint density at radius 1 is 1.36 bits per heavy atom. The molecule has 5 nitrogen and oxygen atoms in total. The Hall–Kier alpha value is -1.08. The van der Waals surface area contributed by atoms with E-state index in [4.69, 9.17) is 4.42 Å². The average Bonchev–Trinajstić information content (AvgIpc) is 3.03. The minimum absolute atomic E-state index is 0. The van der Waals surface area contributed by atoms with E-state index in [0.29, 0.717) is 24.5 Å². The first-order valence-corrected chi connectivity index (χ1v) is 8.71. The highest BCUT2D eigenvalue weighted by atomic mass is 79.9. The Kier molecular flexibility index (Phi) is 9.50. The Bertz CT molecular complexity index is 675. The van der Waals surface area contributed by atoms with Gasteiger partial charge in [0.2, 0.25) is 5.91 Å². The standard InChI is InChI=1S/C17H20BrN3O2.2ClH/c18-14-6-2-1-5-13(14)15-11-20-17(23-15)8-7-16(22)21-12-4-3-9-19-10-12;;/h1-2,5-6,11-12,19H,3-4,7-10H2,(H,21,22);2*1H/t12-;;/m0../s1. The van der Waals surface area contributed by atoms with Gasteiger partial charge in [0.05, 0.1) is 6.20 Å². The molecule has 1 fully saturated rings. The topological polar surface area (TPSA) is 67.2 Å². The fourth-order valence-electron chi connectivity index (χ4n) is 2.71. The van der Waals surface area contributed by atoms with Crippen LogP contribution >= 0.6 is 40.7 Å². The Labute approximate surface area is 168 Å². The van der Waals surface area contributed by atoms with Crippen LogP contribution in [0.3, 0.4) is 0 Å². The third-order valence-electron chi connectivity index (χ3n) is 3.92. The molecule has 0 unspecified atom stereocenters. The quantitative estimate of drug-likeness (QED) is 0.727. The highest BCUT2D eigenvalue weighted by Crippen LogP contribution is 2.28. The van der Waals surface area contributed by atoms with Gasteiger partial charge in [0.1, 0.15) is 0 Å². The zero-order valence-electron chi connectivity index (χ0n) is 13.7. The summed E-state index contributed by atoms with van der Waals surface area (Å²) in [4.78, 5) is 16.3. The number of carbonyl (C=O) groups excluding carboxylic acids is 1. The molecule has 0 bridgehead atoms. The highest BCUT2D eigenvalue weighted by Gasteiger charge is 2.16. The molecule has 1 amide bonds. The predicted octanol–water partition coefficient (Wildman–Crippen LogP) is 3.75. The molecular weight excluding hydrogens is 429 g/mol. The van der Waals surface area contributed by atoms with E-state index in [1.807, 2.05) is 24.3 Å². The minimum atomic E-state index is 0. The first-order valence-electron chi connectivity index (χ1n) is 7.92. The number of benzene rings is 1. The van der Waals surface area contributed by atoms with Gasteiger partial charge < -0.3 is 15.1 Å². The van der Waals surface area contributed by atoms with Gasteiger partial charge in [-0.3, -0.25) is 4.79 Å². The van der Waals surface area contributed by atoms with Crippen molar-refractivity contribution in [1.82, 2.24) is 15.6 Å². The van der Waals surface area contributed by atoms with Crippen LogP contribution in [-0.4, -0.2) is 30.0 Å². The molecule has 2 aromatic rings. The number of aryl methyl sites for hydroxylation is 1. The van der Waals surface area contributed by atoms with Crippen molar-refractivity contribution in [2.75, 3.05) is 13.1 Å². The molecule has 2 heterocycles. The summed E-state index contributed by atoms with van der Waals surface area (Å²) in [5, 5.41) is 6.35. The van der Waals surface area contributed by atoms with Gasteiger partial charge in [-0.15, -0.1) is 24.8 Å². The molecule has 0 aliphatic carbocycles. The summed E-state index contributed by atoms with van der Waals surface area (Å²) >= 11 is 3.50. The second-order valence-corrected chi connectivity index (χ2v) is 6.56. The van der Waals surface area contributed by atoms with Gasteiger partial charge in [0.15, 0.2) is 11.7 Å². The third kappa shape index (κ3) is 6.29. The maximum atomic E-state index is 12.0. The SMILES string of the molecule is Cl.Cl.O=C(CCc1ncc(-c2ccccc2Br)o1)N[C@H]1CCCNC1. The summed E-state index contributed by atoms with van der Waals surface area (Å²) in [6, 6.07) is 8.08. The number of nitrogens with one attached hydrogen (secondary N) is 2. The van der Waals surface area contributed by atoms with Crippen molar-refractivity contribution in [2.24, 2.45) is 0 Å². The van der Waals surface area contributed by atoms with E-state index < -0.39 is 0 Å². The molecule has 1 aliphatic rings. The lowest BCUT2D eigenvalue weighted by Crippen LogP contribution is -2.45. The van der Waals surface area contributed by atoms with Crippen molar-refractivity contribution >= 4 is 46.7 Å². The number of carbonyl (C=O) groups is 1. The molecule has 25 heavy (non-hydrogen) atoms. The number of amides is 1. The number of aromatic nitrogens is 1. The predicted molar refractivity (Wildman–Crippen MR) is 106 cm³/mol.